The van der Waals surface area contributed by atoms with Crippen LogP contribution in [0, 0.1) is 0 Å². The molecule has 0 spiro atoms. The van der Waals surface area contributed by atoms with Gasteiger partial charge in [0.1, 0.15) is 0 Å². The number of nitrogens with zero attached hydrogens (tertiary/aromatic N) is 2. The van der Waals surface area contributed by atoms with E-state index in [4.69, 9.17) is 20.3 Å². The Morgan fingerprint density at radius 1 is 1.53 bits per heavy atom. The van der Waals surface area contributed by atoms with Gasteiger partial charge >= 0.3 is 33.2 Å². The van der Waals surface area contributed by atoms with Crippen molar-refractivity contribution < 1.29 is 12.9 Å². The second-order valence-electron chi connectivity index (χ2n) is 2.90. The first kappa shape index (κ1) is 15.4. The minimum atomic E-state index is 0.382. The maximum atomic E-state index is 4.73. The average molecular weight is 312 g/mol. The predicted octanol–water partition coefficient (Wildman–Crippen LogP) is 3.11. The molecule has 0 unspecified atom stereocenters. The van der Waals surface area contributed by atoms with Gasteiger partial charge in [-0.3, -0.25) is 4.99 Å². The molecule has 0 saturated carbocycles. The van der Waals surface area contributed by atoms with E-state index in [2.05, 4.69) is 35.4 Å². The van der Waals surface area contributed by atoms with Crippen LogP contribution in [0.15, 0.2) is 22.5 Å². The topological polar surface area (TPSA) is 15.6 Å². The van der Waals surface area contributed by atoms with Gasteiger partial charge in [0.2, 0.25) is 0 Å². The molecule has 1 heterocycles. The van der Waals surface area contributed by atoms with Crippen molar-refractivity contribution in [2.24, 2.45) is 4.99 Å². The molecule has 0 aliphatic rings. The van der Waals surface area contributed by atoms with Crippen molar-refractivity contribution in [2.75, 3.05) is 27.2 Å². The number of thiophene rings is 1. The fourth-order valence-electron chi connectivity index (χ4n) is 0.777. The summed E-state index contributed by atoms with van der Waals surface area (Å²) in [5.74, 6) is 0. The van der Waals surface area contributed by atoms with Crippen LogP contribution in [0.2, 0.25) is 0 Å². The Morgan fingerprint density at radius 3 is 2.67 bits per heavy atom. The van der Waals surface area contributed by atoms with Gasteiger partial charge in [0.15, 0.2) is 0 Å². The van der Waals surface area contributed by atoms with Crippen LogP contribution in [0.1, 0.15) is 4.88 Å². The van der Waals surface area contributed by atoms with Crippen LogP contribution in [0.3, 0.4) is 0 Å². The summed E-state index contributed by atoms with van der Waals surface area (Å²) >= 11 is 2.10. The molecule has 6 heteroatoms. The van der Waals surface area contributed by atoms with Gasteiger partial charge in [-0.25, -0.2) is 0 Å². The number of halogens is 2. The summed E-state index contributed by atoms with van der Waals surface area (Å²) in [4.78, 5) is 7.66. The van der Waals surface area contributed by atoms with Gasteiger partial charge in [-0.1, -0.05) is 6.07 Å². The van der Waals surface area contributed by atoms with E-state index in [1.54, 1.807) is 11.3 Å². The van der Waals surface area contributed by atoms with Crippen LogP contribution >= 0.6 is 31.6 Å². The van der Waals surface area contributed by atoms with E-state index in [0.29, 0.717) is 12.9 Å². The van der Waals surface area contributed by atoms with Crippen molar-refractivity contribution in [1.29, 1.82) is 0 Å². The van der Waals surface area contributed by atoms with Crippen molar-refractivity contribution in [3.8, 4) is 0 Å². The number of hydrogen-bond acceptors (Lipinski definition) is 3. The summed E-state index contributed by atoms with van der Waals surface area (Å²) in [5, 5.41) is 2.06. The number of rotatable bonds is 4. The second kappa shape index (κ2) is 10.9. The Labute approximate surface area is 110 Å². The van der Waals surface area contributed by atoms with Gasteiger partial charge in [-0.05, 0) is 25.5 Å². The molecule has 0 amide bonds. The molecule has 0 aliphatic heterocycles. The van der Waals surface area contributed by atoms with E-state index in [9.17, 15) is 0 Å². The predicted molar refractivity (Wildman–Crippen MR) is 67.0 cm³/mol. The fraction of sp³-hybridized carbons (Fsp3) is 0.444. The molecule has 88 valence electrons. The molecule has 0 radical (unpaired) electrons. The number of aliphatic imine (C=N–C) groups is 1. The molecule has 1 aromatic heterocycles. The van der Waals surface area contributed by atoms with Gasteiger partial charge in [0.05, 0.1) is 6.54 Å². The first-order valence-corrected chi connectivity index (χ1v) is 7.97. The van der Waals surface area contributed by atoms with E-state index in [1.165, 1.54) is 4.88 Å². The molecule has 0 N–H and O–H groups in total. The normalized spacial score (nSPS) is 10.7. The monoisotopic (exact) mass is 311 g/mol. The van der Waals surface area contributed by atoms with Gasteiger partial charge in [-0.15, -0.1) is 11.3 Å². The fourth-order valence-corrected chi connectivity index (χ4v) is 1.38. The Kier molecular flexibility index (Phi) is 11.2. The summed E-state index contributed by atoms with van der Waals surface area (Å²) in [6.45, 7) is 1.90. The number of likely N-dealkylation sites (N-methyl/N-ethyl adjacent to an activating group) is 1. The third kappa shape index (κ3) is 10.7. The quantitative estimate of drug-likeness (QED) is 0.780. The third-order valence-electron chi connectivity index (χ3n) is 1.44. The summed E-state index contributed by atoms with van der Waals surface area (Å²) in [6, 6.07) is 4.11. The average Bonchev–Trinajstić information content (AvgIpc) is 2.66. The first-order valence-electron chi connectivity index (χ1n) is 4.22. The molecule has 0 fully saturated rings. The molecule has 1 rings (SSSR count). The van der Waals surface area contributed by atoms with Gasteiger partial charge < -0.3 is 4.90 Å². The number of hydrogen-bond donors (Lipinski definition) is 0. The van der Waals surface area contributed by atoms with Crippen LogP contribution in [0.4, 0.5) is 0 Å². The van der Waals surface area contributed by atoms with Crippen LogP contribution < -0.4 is 0 Å². The molecule has 15 heavy (non-hydrogen) atoms. The van der Waals surface area contributed by atoms with Crippen LogP contribution in [0.25, 0.3) is 0 Å². The summed E-state index contributed by atoms with van der Waals surface area (Å²) in [5.41, 5.74) is 0. The van der Waals surface area contributed by atoms with E-state index >= 15 is 0 Å². The minimum absolute atomic E-state index is 0.382. The van der Waals surface area contributed by atoms with Gasteiger partial charge in [-0.2, -0.15) is 0 Å². The zero-order valence-corrected chi connectivity index (χ0v) is 12.0. The Balaban J connectivity index is 0.000000583. The van der Waals surface area contributed by atoms with E-state index < -0.39 is 0 Å². The third-order valence-corrected chi connectivity index (χ3v) is 2.24. The van der Waals surface area contributed by atoms with E-state index in [0.717, 1.165) is 13.1 Å². The summed E-state index contributed by atoms with van der Waals surface area (Å²) < 4.78 is 0. The van der Waals surface area contributed by atoms with Crippen molar-refractivity contribution in [2.45, 2.75) is 0 Å². The molecule has 1 aromatic rings. The zero-order valence-electron chi connectivity index (χ0n) is 8.62. The van der Waals surface area contributed by atoms with Crippen molar-refractivity contribution in [3.05, 3.63) is 22.4 Å². The molecule has 2 nitrogen and oxygen atoms in total. The second-order valence-corrected chi connectivity index (χ2v) is 5.60. The van der Waals surface area contributed by atoms with Crippen LogP contribution in [-0.2, 0) is 12.9 Å². The first-order chi connectivity index (χ1) is 7.20. The Hall–Kier alpha value is 0.416. The van der Waals surface area contributed by atoms with Crippen molar-refractivity contribution >= 4 is 37.8 Å². The standard InChI is InChI=1S/C9H14N2S.2ClH.Co/c1-11(2)6-5-10-8-9-4-3-7-12-9;;;/h3-4,7-8H,5-6H2,1-2H3;2*1H;/q;;;+3/p-2. The summed E-state index contributed by atoms with van der Waals surface area (Å²) in [7, 11) is 13.6. The van der Waals surface area contributed by atoms with Crippen LogP contribution in [0.5, 0.6) is 0 Å². The summed E-state index contributed by atoms with van der Waals surface area (Å²) in [6.07, 6.45) is 1.94. The van der Waals surface area contributed by atoms with Gasteiger partial charge in [0.25, 0.3) is 0 Å². The van der Waals surface area contributed by atoms with E-state index in [-0.39, 0.29) is 0 Å². The molecule has 0 bridgehead atoms. The van der Waals surface area contributed by atoms with E-state index in [1.807, 2.05) is 12.3 Å². The molecule has 0 saturated heterocycles. The Bertz CT molecular complexity index is 253. The molecule has 0 aromatic carbocycles. The maximum absolute atomic E-state index is 4.73. The SMILES string of the molecule is CN(C)CCN=Cc1cccs1.[Cl][Co+][Cl]. The van der Waals surface area contributed by atoms with Gasteiger partial charge in [0, 0.05) is 17.6 Å². The van der Waals surface area contributed by atoms with Crippen molar-refractivity contribution in [1.82, 2.24) is 4.90 Å². The molecule has 0 atom stereocenters. The molecular formula is C9H14Cl2CoN2S+. The molecule has 0 aliphatic carbocycles. The van der Waals surface area contributed by atoms with Crippen molar-refractivity contribution in [3.63, 3.8) is 0 Å². The molecular weight excluding hydrogens is 298 g/mol. The Morgan fingerprint density at radius 2 is 2.20 bits per heavy atom. The van der Waals surface area contributed by atoms with Crippen LogP contribution in [-0.4, -0.2) is 38.3 Å². The zero-order chi connectivity index (χ0) is 11.5.